The third-order valence-corrected chi connectivity index (χ3v) is 2.60. The lowest BCUT2D eigenvalue weighted by molar-refractivity contribution is 0.788. The Bertz CT molecular complexity index is 355. The van der Waals surface area contributed by atoms with Crippen LogP contribution in [-0.2, 0) is 0 Å². The normalized spacial score (nSPS) is 10.0. The largest absolute Gasteiger partial charge is 0.103 e. The van der Waals surface area contributed by atoms with E-state index in [0.29, 0.717) is 5.92 Å². The Labute approximate surface area is 141 Å². The van der Waals surface area contributed by atoms with Crippen molar-refractivity contribution < 1.29 is 0 Å². The molecule has 0 saturated carbocycles. The van der Waals surface area contributed by atoms with E-state index in [1.807, 2.05) is 26.0 Å². The van der Waals surface area contributed by atoms with E-state index in [2.05, 4.69) is 72.6 Å². The van der Waals surface area contributed by atoms with Gasteiger partial charge in [0.05, 0.1) is 0 Å². The molecule has 0 aliphatic rings. The van der Waals surface area contributed by atoms with E-state index in [4.69, 9.17) is 0 Å². The van der Waals surface area contributed by atoms with Gasteiger partial charge in [0.25, 0.3) is 0 Å². The van der Waals surface area contributed by atoms with Gasteiger partial charge in [0.2, 0.25) is 0 Å². The summed E-state index contributed by atoms with van der Waals surface area (Å²) in [6, 6.07) is 0. The van der Waals surface area contributed by atoms with Crippen molar-refractivity contribution in [1.29, 1.82) is 0 Å². The first-order chi connectivity index (χ1) is 9.80. The maximum atomic E-state index is 3.79. The van der Waals surface area contributed by atoms with Crippen LogP contribution in [0, 0.1) is 5.92 Å². The van der Waals surface area contributed by atoms with Gasteiger partial charge in [-0.05, 0) is 52.5 Å². The van der Waals surface area contributed by atoms with Gasteiger partial charge in [0.15, 0.2) is 0 Å². The van der Waals surface area contributed by atoms with Crippen LogP contribution in [0.25, 0.3) is 0 Å². The van der Waals surface area contributed by atoms with Crippen molar-refractivity contribution in [1.82, 2.24) is 0 Å². The van der Waals surface area contributed by atoms with E-state index >= 15 is 0 Å². The first-order valence-corrected chi connectivity index (χ1v) is 7.58. The highest BCUT2D eigenvalue weighted by Gasteiger charge is 1.95. The molecule has 0 bridgehead atoms. The highest BCUT2D eigenvalue weighted by atomic mass is 14.0. The average Bonchev–Trinajstić information content (AvgIpc) is 2.44. The quantitative estimate of drug-likeness (QED) is 0.355. The van der Waals surface area contributed by atoms with E-state index in [1.165, 1.54) is 16.7 Å². The maximum Gasteiger partial charge on any atom is -0.0158 e. The number of hydrogen-bond acceptors (Lipinski definition) is 0. The molecule has 0 aliphatic carbocycles. The van der Waals surface area contributed by atoms with Crippen molar-refractivity contribution in [3.05, 3.63) is 72.9 Å². The Morgan fingerprint density at radius 1 is 0.909 bits per heavy atom. The molecule has 128 valence electrons. The van der Waals surface area contributed by atoms with Crippen LogP contribution in [-0.4, -0.2) is 0 Å². The Balaban J connectivity index is -0.000000151. The van der Waals surface area contributed by atoms with Gasteiger partial charge >= 0.3 is 0 Å². The zero-order chi connectivity index (χ0) is 17.3. The standard InChI is InChI=1S/C13H20.C5H10.C3H6.CH4/c1-6-12(5)9-8-10-13(7-2)11(3)4;1-4-5(2)3;1-3-2;/h6-7,9-11H,1-2,8H2,3-5H3;4H,1-3H3;3H,1H2,2H3;1H4/b12-9-,13-10+;;;. The lowest BCUT2D eigenvalue weighted by Gasteiger charge is -2.04. The molecule has 22 heavy (non-hydrogen) atoms. The number of hydrogen-bond donors (Lipinski definition) is 0. The second-order valence-corrected chi connectivity index (χ2v) is 5.23. The van der Waals surface area contributed by atoms with Crippen molar-refractivity contribution in [3.8, 4) is 0 Å². The molecule has 0 saturated heterocycles. The lowest BCUT2D eigenvalue weighted by Crippen LogP contribution is -1.89. The molecule has 0 spiro atoms. The molecule has 0 nitrogen and oxygen atoms in total. The first kappa shape index (κ1) is 28.6. The molecule has 0 aromatic carbocycles. The molecule has 0 N–H and O–H groups in total. The minimum Gasteiger partial charge on any atom is -0.103 e. The average molecular weight is 305 g/mol. The van der Waals surface area contributed by atoms with Gasteiger partial charge in [-0.2, -0.15) is 0 Å². The Morgan fingerprint density at radius 2 is 1.32 bits per heavy atom. The van der Waals surface area contributed by atoms with Gasteiger partial charge in [-0.15, -0.1) is 6.58 Å². The van der Waals surface area contributed by atoms with Crippen LogP contribution in [0.2, 0.25) is 0 Å². The van der Waals surface area contributed by atoms with Gasteiger partial charge in [-0.3, -0.25) is 0 Å². The van der Waals surface area contributed by atoms with Gasteiger partial charge in [-0.1, -0.05) is 82.0 Å². The fourth-order valence-electron chi connectivity index (χ4n) is 1.02. The summed E-state index contributed by atoms with van der Waals surface area (Å²) in [5.41, 5.74) is 3.92. The molecule has 0 heterocycles. The van der Waals surface area contributed by atoms with Crippen LogP contribution in [0.3, 0.4) is 0 Å². The molecule has 0 rings (SSSR count). The highest BCUT2D eigenvalue weighted by Crippen LogP contribution is 2.11. The van der Waals surface area contributed by atoms with Gasteiger partial charge in [0.1, 0.15) is 0 Å². The maximum absolute atomic E-state index is 3.79. The molecule has 0 amide bonds. The third kappa shape index (κ3) is 26.9. The molecule has 0 heteroatoms. The van der Waals surface area contributed by atoms with Crippen molar-refractivity contribution >= 4 is 0 Å². The summed E-state index contributed by atoms with van der Waals surface area (Å²) in [5.74, 6) is 0.565. The van der Waals surface area contributed by atoms with Crippen molar-refractivity contribution in [2.75, 3.05) is 0 Å². The monoisotopic (exact) mass is 304 g/mol. The summed E-state index contributed by atoms with van der Waals surface area (Å²) >= 11 is 0. The molecule has 0 fully saturated rings. The summed E-state index contributed by atoms with van der Waals surface area (Å²) < 4.78 is 0. The van der Waals surface area contributed by atoms with Gasteiger partial charge < -0.3 is 0 Å². The molecular weight excluding hydrogens is 264 g/mol. The second-order valence-electron chi connectivity index (χ2n) is 5.23. The minimum absolute atomic E-state index is 0. The van der Waals surface area contributed by atoms with Crippen LogP contribution in [0.15, 0.2) is 72.9 Å². The van der Waals surface area contributed by atoms with E-state index in [0.717, 1.165) is 6.42 Å². The molecule has 0 aromatic rings. The molecular formula is C22H40. The number of allylic oxidation sites excluding steroid dienone is 9. The van der Waals surface area contributed by atoms with Crippen LogP contribution in [0.4, 0.5) is 0 Å². The predicted octanol–water partition coefficient (Wildman–Crippen LogP) is 8.08. The van der Waals surface area contributed by atoms with Crippen LogP contribution >= 0.6 is 0 Å². The topological polar surface area (TPSA) is 0 Å². The number of rotatable bonds is 5. The van der Waals surface area contributed by atoms with Crippen LogP contribution in [0.5, 0.6) is 0 Å². The summed E-state index contributed by atoms with van der Waals surface area (Å²) in [6.07, 6.45) is 13.0. The predicted molar refractivity (Wildman–Crippen MR) is 109 cm³/mol. The third-order valence-electron chi connectivity index (χ3n) is 2.60. The fraction of sp³-hybridized carbons (Fsp3) is 0.455. The minimum atomic E-state index is 0. The SMILES string of the molecule is C.C=C/C(C)=C\C/C=C(\C=C)C(C)C.C=CC.CC=C(C)C. The highest BCUT2D eigenvalue weighted by molar-refractivity contribution is 5.21. The van der Waals surface area contributed by atoms with E-state index in [-0.39, 0.29) is 7.43 Å². The Kier molecular flexibility index (Phi) is 28.2. The van der Waals surface area contributed by atoms with Crippen molar-refractivity contribution in [2.24, 2.45) is 5.92 Å². The van der Waals surface area contributed by atoms with Crippen molar-refractivity contribution in [2.45, 2.75) is 62.3 Å². The zero-order valence-corrected chi connectivity index (χ0v) is 15.4. The van der Waals surface area contributed by atoms with E-state index in [9.17, 15) is 0 Å². The lowest BCUT2D eigenvalue weighted by atomic mass is 10.0. The van der Waals surface area contributed by atoms with Crippen LogP contribution in [0.1, 0.15) is 62.3 Å². The van der Waals surface area contributed by atoms with E-state index in [1.54, 1.807) is 6.08 Å². The van der Waals surface area contributed by atoms with Crippen molar-refractivity contribution in [3.63, 3.8) is 0 Å². The molecule has 0 aliphatic heterocycles. The summed E-state index contributed by atoms with van der Waals surface area (Å²) in [7, 11) is 0. The second kappa shape index (κ2) is 21.7. The Morgan fingerprint density at radius 3 is 1.55 bits per heavy atom. The molecule has 0 aromatic heterocycles. The molecule has 0 radical (unpaired) electrons. The first-order valence-electron chi connectivity index (χ1n) is 7.58. The van der Waals surface area contributed by atoms with Gasteiger partial charge in [-0.25, -0.2) is 0 Å². The van der Waals surface area contributed by atoms with Gasteiger partial charge in [0, 0.05) is 0 Å². The summed E-state index contributed by atoms with van der Waals surface area (Å²) in [6.45, 7) is 25.4. The smallest absolute Gasteiger partial charge is 0.0158 e. The molecule has 0 atom stereocenters. The molecule has 0 unspecified atom stereocenters. The summed E-state index contributed by atoms with van der Waals surface area (Å²) in [5, 5.41) is 0. The summed E-state index contributed by atoms with van der Waals surface area (Å²) in [4.78, 5) is 0. The van der Waals surface area contributed by atoms with Crippen LogP contribution < -0.4 is 0 Å². The van der Waals surface area contributed by atoms with E-state index < -0.39 is 0 Å². The Hall–Kier alpha value is -1.56. The zero-order valence-electron chi connectivity index (χ0n) is 15.4. The fourth-order valence-corrected chi connectivity index (χ4v) is 1.02.